The number of benzene rings is 4. The minimum absolute atomic E-state index is 0.279. The molecule has 43 heavy (non-hydrogen) atoms. The number of hydrogen-bond donors (Lipinski definition) is 0. The average Bonchev–Trinajstić information content (AvgIpc) is 3.04. The predicted molar refractivity (Wildman–Crippen MR) is 166 cm³/mol. The van der Waals surface area contributed by atoms with E-state index in [-0.39, 0.29) is 6.61 Å². The van der Waals surface area contributed by atoms with Crippen molar-refractivity contribution in [3.63, 3.8) is 0 Å². The van der Waals surface area contributed by atoms with Crippen LogP contribution in [0.25, 0.3) is 0 Å². The second-order valence-electron chi connectivity index (χ2n) is 10.6. The van der Waals surface area contributed by atoms with Gasteiger partial charge in [-0.05, 0) is 29.2 Å². The van der Waals surface area contributed by atoms with Gasteiger partial charge < -0.3 is 28.4 Å². The highest BCUT2D eigenvalue weighted by Crippen LogP contribution is 2.32. The molecule has 0 amide bonds. The highest BCUT2D eigenvalue weighted by Gasteiger charge is 2.49. The van der Waals surface area contributed by atoms with Gasteiger partial charge in [0.15, 0.2) is 0 Å². The molecule has 224 valence electrons. The summed E-state index contributed by atoms with van der Waals surface area (Å²) in [6.45, 7) is 7.62. The van der Waals surface area contributed by atoms with E-state index in [1.807, 2.05) is 121 Å². The third kappa shape index (κ3) is 9.35. The van der Waals surface area contributed by atoms with E-state index in [2.05, 4.69) is 6.58 Å². The van der Waals surface area contributed by atoms with Gasteiger partial charge in [0, 0.05) is 0 Å². The van der Waals surface area contributed by atoms with Crippen molar-refractivity contribution in [2.24, 2.45) is 0 Å². The first-order valence-corrected chi connectivity index (χ1v) is 14.7. The van der Waals surface area contributed by atoms with Crippen LogP contribution in [0.1, 0.15) is 29.2 Å². The zero-order valence-corrected chi connectivity index (χ0v) is 24.6. The van der Waals surface area contributed by atoms with E-state index in [1.54, 1.807) is 6.92 Å². The van der Waals surface area contributed by atoms with Gasteiger partial charge in [0.05, 0.1) is 38.8 Å². The number of ether oxygens (including phenoxy) is 6. The lowest BCUT2D eigenvalue weighted by molar-refractivity contribution is -0.320. The maximum absolute atomic E-state index is 6.68. The van der Waals surface area contributed by atoms with Gasteiger partial charge in [-0.3, -0.25) is 0 Å². The fraction of sp³-hybridized carbons (Fsp3) is 0.297. The average molecular weight is 581 g/mol. The Labute approximate surface area is 254 Å². The quantitative estimate of drug-likeness (QED) is 0.138. The van der Waals surface area contributed by atoms with Crippen molar-refractivity contribution < 1.29 is 28.4 Å². The van der Waals surface area contributed by atoms with Crippen LogP contribution in [0.5, 0.6) is 0 Å². The summed E-state index contributed by atoms with van der Waals surface area (Å²) >= 11 is 0. The van der Waals surface area contributed by atoms with Crippen molar-refractivity contribution in [1.29, 1.82) is 0 Å². The second kappa shape index (κ2) is 16.2. The number of hydrogen-bond acceptors (Lipinski definition) is 6. The molecule has 1 fully saturated rings. The Bertz CT molecular complexity index is 1350. The molecule has 6 heteroatoms. The Kier molecular flexibility index (Phi) is 11.5. The molecule has 0 radical (unpaired) electrons. The maximum Gasteiger partial charge on any atom is 0.228 e. The lowest BCUT2D eigenvalue weighted by Gasteiger charge is -2.45. The normalized spacial score (nSPS) is 21.7. The van der Waals surface area contributed by atoms with Crippen LogP contribution in [0.15, 0.2) is 134 Å². The van der Waals surface area contributed by atoms with Gasteiger partial charge in [0.25, 0.3) is 0 Å². The lowest BCUT2D eigenvalue weighted by atomic mass is 9.97. The minimum atomic E-state index is -0.774. The fourth-order valence-electron chi connectivity index (χ4n) is 5.04. The molecule has 1 saturated heterocycles. The fourth-order valence-corrected chi connectivity index (χ4v) is 5.04. The SMILES string of the molecule is C=C(C)O[C@H]1O[C@H](COCc2ccccc2)[C@@H](OCc2ccccc2)[C@H](OCc2ccccc2)[C@H]1OCc1ccccc1. The molecular formula is C37H40O6. The van der Waals surface area contributed by atoms with Gasteiger partial charge in [-0.1, -0.05) is 128 Å². The van der Waals surface area contributed by atoms with Crippen LogP contribution in [0, 0.1) is 0 Å². The van der Waals surface area contributed by atoms with E-state index in [0.717, 1.165) is 22.3 Å². The van der Waals surface area contributed by atoms with Crippen LogP contribution in [-0.2, 0) is 54.8 Å². The van der Waals surface area contributed by atoms with Crippen LogP contribution >= 0.6 is 0 Å². The molecule has 5 rings (SSSR count). The molecule has 0 saturated carbocycles. The lowest BCUT2D eigenvalue weighted by Crippen LogP contribution is -2.61. The van der Waals surface area contributed by atoms with Gasteiger partial charge >= 0.3 is 0 Å². The van der Waals surface area contributed by atoms with Crippen LogP contribution in [0.4, 0.5) is 0 Å². The topological polar surface area (TPSA) is 55.4 Å². The number of rotatable bonds is 15. The number of allylic oxidation sites excluding steroid dienone is 1. The summed E-state index contributed by atoms with van der Waals surface area (Å²) in [7, 11) is 0. The van der Waals surface area contributed by atoms with Crippen molar-refractivity contribution >= 4 is 0 Å². The molecular weight excluding hydrogens is 540 g/mol. The smallest absolute Gasteiger partial charge is 0.228 e. The highest BCUT2D eigenvalue weighted by molar-refractivity contribution is 5.16. The summed E-state index contributed by atoms with van der Waals surface area (Å²) in [5.74, 6) is 0.521. The third-order valence-corrected chi connectivity index (χ3v) is 7.16. The van der Waals surface area contributed by atoms with Gasteiger partial charge in [0.2, 0.25) is 6.29 Å². The molecule has 1 aliphatic rings. The monoisotopic (exact) mass is 580 g/mol. The van der Waals surface area contributed by atoms with Crippen molar-refractivity contribution in [2.45, 2.75) is 64.1 Å². The summed E-state index contributed by atoms with van der Waals surface area (Å²) in [5, 5.41) is 0. The summed E-state index contributed by atoms with van der Waals surface area (Å²) in [6, 6.07) is 40.3. The van der Waals surface area contributed by atoms with Crippen molar-refractivity contribution in [3.05, 3.63) is 156 Å². The Morgan fingerprint density at radius 3 is 1.40 bits per heavy atom. The molecule has 0 aliphatic carbocycles. The molecule has 4 aromatic rings. The molecule has 6 nitrogen and oxygen atoms in total. The van der Waals surface area contributed by atoms with E-state index in [1.165, 1.54) is 0 Å². The van der Waals surface area contributed by atoms with Crippen LogP contribution in [0.3, 0.4) is 0 Å². The van der Waals surface area contributed by atoms with Gasteiger partial charge in [0.1, 0.15) is 24.4 Å². The Hall–Kier alpha value is -3.78. The third-order valence-electron chi connectivity index (χ3n) is 7.16. The highest BCUT2D eigenvalue weighted by atomic mass is 16.7. The maximum atomic E-state index is 6.68. The van der Waals surface area contributed by atoms with Crippen LogP contribution in [-0.4, -0.2) is 37.3 Å². The molecule has 4 aromatic carbocycles. The molecule has 1 heterocycles. The minimum Gasteiger partial charge on any atom is -0.467 e. The Morgan fingerprint density at radius 2 is 0.953 bits per heavy atom. The molecule has 0 bridgehead atoms. The van der Waals surface area contributed by atoms with E-state index >= 15 is 0 Å². The zero-order chi connectivity index (χ0) is 29.7. The standard InChI is InChI=1S/C37H40O6/c1-28(2)42-37-36(41-26-32-21-13-6-14-22-32)35(40-25-31-19-11-5-12-20-31)34(39-24-30-17-9-4-10-18-30)33(43-37)27-38-23-29-15-7-3-8-16-29/h3-22,33-37H,1,23-27H2,2H3/t33-,34-,35+,36-,37+/m1/s1. The Balaban J connectivity index is 1.42. The molecule has 0 spiro atoms. The van der Waals surface area contributed by atoms with E-state index < -0.39 is 30.7 Å². The zero-order valence-electron chi connectivity index (χ0n) is 24.6. The molecule has 1 aliphatic heterocycles. The van der Waals surface area contributed by atoms with E-state index in [9.17, 15) is 0 Å². The van der Waals surface area contributed by atoms with Crippen LogP contribution < -0.4 is 0 Å². The largest absolute Gasteiger partial charge is 0.467 e. The van der Waals surface area contributed by atoms with Crippen LogP contribution in [0.2, 0.25) is 0 Å². The summed E-state index contributed by atoms with van der Waals surface area (Å²) in [5.41, 5.74) is 4.21. The molecule has 0 unspecified atom stereocenters. The van der Waals surface area contributed by atoms with Gasteiger partial charge in [-0.15, -0.1) is 0 Å². The Morgan fingerprint density at radius 1 is 0.558 bits per heavy atom. The molecule has 0 N–H and O–H groups in total. The summed E-state index contributed by atoms with van der Waals surface area (Å²) < 4.78 is 38.8. The van der Waals surface area contributed by atoms with E-state index in [4.69, 9.17) is 28.4 Å². The van der Waals surface area contributed by atoms with Crippen molar-refractivity contribution in [3.8, 4) is 0 Å². The predicted octanol–water partition coefficient (Wildman–Crippen LogP) is 7.23. The first kappa shape index (κ1) is 30.7. The van der Waals surface area contributed by atoms with Gasteiger partial charge in [-0.2, -0.15) is 0 Å². The van der Waals surface area contributed by atoms with E-state index in [0.29, 0.717) is 32.2 Å². The molecule has 0 aromatic heterocycles. The first-order chi connectivity index (χ1) is 21.2. The first-order valence-electron chi connectivity index (χ1n) is 14.7. The molecule has 5 atom stereocenters. The second-order valence-corrected chi connectivity index (χ2v) is 10.6. The summed E-state index contributed by atoms with van der Waals surface area (Å²) in [4.78, 5) is 0. The summed E-state index contributed by atoms with van der Waals surface area (Å²) in [6.07, 6.45) is -2.91. The van der Waals surface area contributed by atoms with Gasteiger partial charge in [-0.25, -0.2) is 0 Å². The van der Waals surface area contributed by atoms with Crippen molar-refractivity contribution in [1.82, 2.24) is 0 Å². The van der Waals surface area contributed by atoms with Crippen molar-refractivity contribution in [2.75, 3.05) is 6.61 Å².